The third-order valence-corrected chi connectivity index (χ3v) is 4.06. The molecule has 0 saturated heterocycles. The number of nitrogens with zero attached hydrogens (tertiary/aromatic N) is 2. The summed E-state index contributed by atoms with van der Waals surface area (Å²) in [5.41, 5.74) is 13.8. The number of benzene rings is 1. The third-order valence-electron chi connectivity index (χ3n) is 4.06. The van der Waals surface area contributed by atoms with Gasteiger partial charge in [-0.3, -0.25) is 4.68 Å². The van der Waals surface area contributed by atoms with Crippen molar-refractivity contribution < 1.29 is 0 Å². The van der Waals surface area contributed by atoms with E-state index >= 15 is 0 Å². The fourth-order valence-corrected chi connectivity index (χ4v) is 2.64. The lowest BCUT2D eigenvalue weighted by molar-refractivity contribution is 0.594. The topological polar surface area (TPSA) is 43.8 Å². The van der Waals surface area contributed by atoms with Gasteiger partial charge in [0.2, 0.25) is 0 Å². The first kappa shape index (κ1) is 14.8. The lowest BCUT2D eigenvalue weighted by atomic mass is 9.94. The average Bonchev–Trinajstić information content (AvgIpc) is 2.85. The number of aromatic nitrogens is 2. The van der Waals surface area contributed by atoms with E-state index in [1.54, 1.807) is 0 Å². The summed E-state index contributed by atoms with van der Waals surface area (Å²) in [6.07, 6.45) is 0.943. The predicted molar refractivity (Wildman–Crippen MR) is 84.0 cm³/mol. The van der Waals surface area contributed by atoms with Crippen LogP contribution in [0.2, 0.25) is 0 Å². The Labute approximate surface area is 121 Å². The van der Waals surface area contributed by atoms with Crippen molar-refractivity contribution in [1.29, 1.82) is 0 Å². The highest BCUT2D eigenvalue weighted by Crippen LogP contribution is 2.26. The predicted octanol–water partition coefficient (Wildman–Crippen LogP) is 3.44. The lowest BCUT2D eigenvalue weighted by Crippen LogP contribution is -2.18. The molecular weight excluding hydrogens is 246 g/mol. The van der Waals surface area contributed by atoms with Crippen LogP contribution in [0.1, 0.15) is 53.5 Å². The van der Waals surface area contributed by atoms with Gasteiger partial charge in [-0.2, -0.15) is 5.10 Å². The van der Waals surface area contributed by atoms with Crippen LogP contribution in [0.3, 0.4) is 0 Å². The monoisotopic (exact) mass is 271 g/mol. The summed E-state index contributed by atoms with van der Waals surface area (Å²) in [7, 11) is 0. The molecule has 1 unspecified atom stereocenters. The molecule has 0 bridgehead atoms. The molecule has 0 aliphatic heterocycles. The average molecular weight is 271 g/mol. The molecule has 0 amide bonds. The van der Waals surface area contributed by atoms with Gasteiger partial charge >= 0.3 is 0 Å². The number of aryl methyl sites for hydroxylation is 5. The SMILES string of the molecule is CCc1cc(C(N)c2cc(C)c(C)cc2C)n(CC)n1. The van der Waals surface area contributed by atoms with Crippen molar-refractivity contribution in [2.75, 3.05) is 0 Å². The maximum Gasteiger partial charge on any atom is 0.0726 e. The van der Waals surface area contributed by atoms with Gasteiger partial charge in [0, 0.05) is 6.54 Å². The van der Waals surface area contributed by atoms with Crippen LogP contribution in [-0.4, -0.2) is 9.78 Å². The van der Waals surface area contributed by atoms with Crippen molar-refractivity contribution in [3.63, 3.8) is 0 Å². The molecule has 0 radical (unpaired) electrons. The van der Waals surface area contributed by atoms with E-state index < -0.39 is 0 Å². The van der Waals surface area contributed by atoms with E-state index in [-0.39, 0.29) is 6.04 Å². The van der Waals surface area contributed by atoms with Crippen molar-refractivity contribution >= 4 is 0 Å². The van der Waals surface area contributed by atoms with Crippen LogP contribution in [0.4, 0.5) is 0 Å². The van der Waals surface area contributed by atoms with Crippen molar-refractivity contribution in [3.8, 4) is 0 Å². The quantitative estimate of drug-likeness (QED) is 0.925. The zero-order valence-electron chi connectivity index (χ0n) is 13.2. The molecule has 1 heterocycles. The summed E-state index contributed by atoms with van der Waals surface area (Å²) in [5.74, 6) is 0. The van der Waals surface area contributed by atoms with Crippen LogP contribution in [0.5, 0.6) is 0 Å². The van der Waals surface area contributed by atoms with Crippen molar-refractivity contribution in [2.45, 2.75) is 53.6 Å². The fourth-order valence-electron chi connectivity index (χ4n) is 2.64. The largest absolute Gasteiger partial charge is 0.319 e. The zero-order valence-corrected chi connectivity index (χ0v) is 13.2. The third kappa shape index (κ3) is 2.63. The Balaban J connectivity index is 2.48. The number of nitrogens with two attached hydrogens (primary N) is 1. The van der Waals surface area contributed by atoms with Crippen LogP contribution < -0.4 is 5.73 Å². The van der Waals surface area contributed by atoms with Crippen LogP contribution >= 0.6 is 0 Å². The molecule has 0 saturated carbocycles. The van der Waals surface area contributed by atoms with E-state index in [0.29, 0.717) is 0 Å². The van der Waals surface area contributed by atoms with Gasteiger partial charge in [-0.05, 0) is 62.4 Å². The van der Waals surface area contributed by atoms with Gasteiger partial charge in [0.15, 0.2) is 0 Å². The Morgan fingerprint density at radius 1 is 1.05 bits per heavy atom. The second kappa shape index (κ2) is 5.80. The minimum atomic E-state index is -0.109. The fraction of sp³-hybridized carbons (Fsp3) is 0.471. The summed E-state index contributed by atoms with van der Waals surface area (Å²) >= 11 is 0. The van der Waals surface area contributed by atoms with Gasteiger partial charge in [0.25, 0.3) is 0 Å². The van der Waals surface area contributed by atoms with Crippen LogP contribution in [0.25, 0.3) is 0 Å². The van der Waals surface area contributed by atoms with Crippen molar-refractivity contribution in [2.24, 2.45) is 5.73 Å². The van der Waals surface area contributed by atoms with Crippen LogP contribution in [-0.2, 0) is 13.0 Å². The van der Waals surface area contributed by atoms with E-state index in [4.69, 9.17) is 5.73 Å². The minimum absolute atomic E-state index is 0.109. The standard InChI is InChI=1S/C17H25N3/c1-6-14-10-16(20(7-2)19-14)17(18)15-9-12(4)11(3)8-13(15)5/h8-10,17H,6-7,18H2,1-5H3. The molecular formula is C17H25N3. The highest BCUT2D eigenvalue weighted by Gasteiger charge is 2.18. The summed E-state index contributed by atoms with van der Waals surface area (Å²) < 4.78 is 2.03. The highest BCUT2D eigenvalue weighted by atomic mass is 15.3. The first-order valence-electron chi connectivity index (χ1n) is 7.37. The van der Waals surface area contributed by atoms with Gasteiger partial charge < -0.3 is 5.73 Å². The van der Waals surface area contributed by atoms with Gasteiger partial charge in [-0.15, -0.1) is 0 Å². The summed E-state index contributed by atoms with van der Waals surface area (Å²) in [6, 6.07) is 6.47. The van der Waals surface area contributed by atoms with Crippen LogP contribution in [0.15, 0.2) is 18.2 Å². The maximum absolute atomic E-state index is 6.52. The molecule has 0 fully saturated rings. The molecule has 2 rings (SSSR count). The highest BCUT2D eigenvalue weighted by molar-refractivity contribution is 5.41. The normalized spacial score (nSPS) is 12.7. The summed E-state index contributed by atoms with van der Waals surface area (Å²) in [4.78, 5) is 0. The molecule has 0 aliphatic rings. The second-order valence-electron chi connectivity index (χ2n) is 5.50. The van der Waals surface area contributed by atoms with Gasteiger partial charge in [0.05, 0.1) is 17.4 Å². The first-order valence-corrected chi connectivity index (χ1v) is 7.37. The van der Waals surface area contributed by atoms with Crippen LogP contribution in [0, 0.1) is 20.8 Å². The Morgan fingerprint density at radius 3 is 2.30 bits per heavy atom. The molecule has 2 N–H and O–H groups in total. The summed E-state index contributed by atoms with van der Waals surface area (Å²) in [5, 5.41) is 4.60. The summed E-state index contributed by atoms with van der Waals surface area (Å²) in [6.45, 7) is 11.5. The number of hydrogen-bond acceptors (Lipinski definition) is 2. The van der Waals surface area contributed by atoms with E-state index in [9.17, 15) is 0 Å². The Bertz CT molecular complexity index is 611. The van der Waals surface area contributed by atoms with E-state index in [1.807, 2.05) is 4.68 Å². The van der Waals surface area contributed by atoms with Gasteiger partial charge in [-0.25, -0.2) is 0 Å². The van der Waals surface area contributed by atoms with Gasteiger partial charge in [-0.1, -0.05) is 19.1 Å². The number of rotatable bonds is 4. The first-order chi connectivity index (χ1) is 9.47. The Hall–Kier alpha value is -1.61. The molecule has 0 aliphatic carbocycles. The molecule has 1 atom stereocenters. The second-order valence-corrected chi connectivity index (χ2v) is 5.50. The van der Waals surface area contributed by atoms with E-state index in [1.165, 1.54) is 22.3 Å². The molecule has 20 heavy (non-hydrogen) atoms. The van der Waals surface area contributed by atoms with E-state index in [0.717, 1.165) is 24.4 Å². The van der Waals surface area contributed by atoms with E-state index in [2.05, 4.69) is 57.9 Å². The molecule has 3 heteroatoms. The maximum atomic E-state index is 6.52. The lowest BCUT2D eigenvalue weighted by Gasteiger charge is -2.18. The minimum Gasteiger partial charge on any atom is -0.319 e. The Morgan fingerprint density at radius 2 is 1.70 bits per heavy atom. The number of hydrogen-bond donors (Lipinski definition) is 1. The molecule has 2 aromatic rings. The molecule has 3 nitrogen and oxygen atoms in total. The van der Waals surface area contributed by atoms with Gasteiger partial charge in [0.1, 0.15) is 0 Å². The molecule has 0 spiro atoms. The van der Waals surface area contributed by atoms with Crippen molar-refractivity contribution in [3.05, 3.63) is 51.8 Å². The Kier molecular flexibility index (Phi) is 4.29. The smallest absolute Gasteiger partial charge is 0.0726 e. The molecule has 1 aromatic heterocycles. The van der Waals surface area contributed by atoms with Crippen molar-refractivity contribution in [1.82, 2.24) is 9.78 Å². The molecule has 1 aromatic carbocycles. The zero-order chi connectivity index (χ0) is 14.9. The molecule has 108 valence electrons.